The number of nitrogens with zero attached hydrogens (tertiary/aromatic N) is 1. The van der Waals surface area contributed by atoms with Gasteiger partial charge in [0.1, 0.15) is 0 Å². The number of carbonyl (C=O) groups excluding carboxylic acids is 1. The highest BCUT2D eigenvalue weighted by Gasteiger charge is 2.16. The molecule has 2 N–H and O–H groups in total. The van der Waals surface area contributed by atoms with E-state index in [-0.39, 0.29) is 5.91 Å². The molecule has 0 radical (unpaired) electrons. The molecule has 0 fully saturated rings. The van der Waals surface area contributed by atoms with Crippen LogP contribution in [0.25, 0.3) is 0 Å². The Kier molecular flexibility index (Phi) is 4.37. The first-order valence-electron chi connectivity index (χ1n) is 5.66. The average Bonchev–Trinajstić information content (AvgIpc) is 2.25. The van der Waals surface area contributed by atoms with Gasteiger partial charge in [-0.25, -0.2) is 0 Å². The molecule has 1 aromatic carbocycles. The van der Waals surface area contributed by atoms with E-state index < -0.39 is 0 Å². The Bertz CT molecular complexity index is 400. The average molecular weight is 236 g/mol. The monoisotopic (exact) mass is 236 g/mol. The van der Waals surface area contributed by atoms with Gasteiger partial charge in [0.2, 0.25) is 0 Å². The van der Waals surface area contributed by atoms with Crippen LogP contribution < -0.4 is 10.5 Å². The van der Waals surface area contributed by atoms with E-state index in [1.165, 1.54) is 4.90 Å². The summed E-state index contributed by atoms with van der Waals surface area (Å²) in [7, 11) is 3.41. The summed E-state index contributed by atoms with van der Waals surface area (Å²) in [6, 6.07) is 5.23. The summed E-state index contributed by atoms with van der Waals surface area (Å²) in [5.74, 6) is 0.771. The van der Waals surface area contributed by atoms with Crippen LogP contribution in [0.2, 0.25) is 0 Å². The lowest BCUT2D eigenvalue weighted by molar-refractivity contribution is 0.0822. The fourth-order valence-corrected chi connectivity index (χ4v) is 1.38. The van der Waals surface area contributed by atoms with E-state index in [0.29, 0.717) is 29.5 Å². The van der Waals surface area contributed by atoms with Gasteiger partial charge in [-0.1, -0.05) is 19.9 Å². The van der Waals surface area contributed by atoms with Crippen LogP contribution in [-0.2, 0) is 0 Å². The molecule has 0 atom stereocenters. The van der Waals surface area contributed by atoms with Crippen molar-refractivity contribution in [3.63, 3.8) is 0 Å². The van der Waals surface area contributed by atoms with Gasteiger partial charge in [-0.05, 0) is 18.1 Å². The highest BCUT2D eigenvalue weighted by atomic mass is 16.5. The van der Waals surface area contributed by atoms with Gasteiger partial charge >= 0.3 is 0 Å². The van der Waals surface area contributed by atoms with Crippen molar-refractivity contribution < 1.29 is 9.53 Å². The first kappa shape index (κ1) is 13.4. The Morgan fingerprint density at radius 2 is 2.06 bits per heavy atom. The number of nitrogens with two attached hydrogens (primary N) is 1. The molecule has 4 nitrogen and oxygen atoms in total. The topological polar surface area (TPSA) is 55.6 Å². The SMILES string of the molecule is CC(C)COc1c(N)cccc1C(=O)N(C)C. The molecule has 0 bridgehead atoms. The van der Waals surface area contributed by atoms with Gasteiger partial charge in [-0.3, -0.25) is 4.79 Å². The van der Waals surface area contributed by atoms with Gasteiger partial charge in [0.25, 0.3) is 5.91 Å². The highest BCUT2D eigenvalue weighted by molar-refractivity contribution is 5.98. The zero-order chi connectivity index (χ0) is 13.0. The van der Waals surface area contributed by atoms with Crippen molar-refractivity contribution in [3.8, 4) is 5.75 Å². The Balaban J connectivity index is 3.04. The predicted molar refractivity (Wildman–Crippen MR) is 69.2 cm³/mol. The second-order valence-electron chi connectivity index (χ2n) is 4.63. The van der Waals surface area contributed by atoms with Crippen molar-refractivity contribution in [2.24, 2.45) is 5.92 Å². The van der Waals surface area contributed by atoms with Gasteiger partial charge in [0, 0.05) is 14.1 Å². The Morgan fingerprint density at radius 3 is 2.59 bits per heavy atom. The molecule has 0 aromatic heterocycles. The molecule has 0 aliphatic rings. The lowest BCUT2D eigenvalue weighted by Crippen LogP contribution is -2.23. The lowest BCUT2D eigenvalue weighted by Gasteiger charge is -2.17. The zero-order valence-electron chi connectivity index (χ0n) is 10.9. The number of hydrogen-bond donors (Lipinski definition) is 1. The van der Waals surface area contributed by atoms with E-state index in [2.05, 4.69) is 0 Å². The summed E-state index contributed by atoms with van der Waals surface area (Å²) in [5, 5.41) is 0. The quantitative estimate of drug-likeness (QED) is 0.813. The second kappa shape index (κ2) is 5.57. The molecule has 1 aromatic rings. The van der Waals surface area contributed by atoms with Gasteiger partial charge in [0.05, 0.1) is 17.9 Å². The largest absolute Gasteiger partial charge is 0.490 e. The van der Waals surface area contributed by atoms with Crippen molar-refractivity contribution >= 4 is 11.6 Å². The summed E-state index contributed by atoms with van der Waals surface area (Å²) < 4.78 is 5.63. The smallest absolute Gasteiger partial charge is 0.257 e. The maximum absolute atomic E-state index is 12.0. The summed E-state index contributed by atoms with van der Waals surface area (Å²) in [5.41, 5.74) is 6.86. The fraction of sp³-hybridized carbons (Fsp3) is 0.462. The number of para-hydroxylation sites is 1. The minimum atomic E-state index is -0.101. The van der Waals surface area contributed by atoms with Gasteiger partial charge in [-0.15, -0.1) is 0 Å². The molecule has 0 heterocycles. The molecule has 4 heteroatoms. The van der Waals surface area contributed by atoms with Crippen LogP contribution in [-0.4, -0.2) is 31.5 Å². The molecule has 0 aliphatic carbocycles. The van der Waals surface area contributed by atoms with Crippen LogP contribution in [0.4, 0.5) is 5.69 Å². The maximum Gasteiger partial charge on any atom is 0.257 e. The molecular weight excluding hydrogens is 216 g/mol. The predicted octanol–water partition coefficient (Wildman–Crippen LogP) is 2.01. The Labute approximate surface area is 102 Å². The fourth-order valence-electron chi connectivity index (χ4n) is 1.38. The lowest BCUT2D eigenvalue weighted by atomic mass is 10.1. The normalized spacial score (nSPS) is 10.4. The van der Waals surface area contributed by atoms with E-state index in [1.807, 2.05) is 13.8 Å². The standard InChI is InChI=1S/C13H20N2O2/c1-9(2)8-17-12-10(13(16)15(3)4)6-5-7-11(12)14/h5-7,9H,8,14H2,1-4H3. The van der Waals surface area contributed by atoms with Crippen LogP contribution in [0.3, 0.4) is 0 Å². The van der Waals surface area contributed by atoms with Crippen molar-refractivity contribution in [3.05, 3.63) is 23.8 Å². The molecular formula is C13H20N2O2. The number of anilines is 1. The number of carbonyl (C=O) groups is 1. The van der Waals surface area contributed by atoms with E-state index in [9.17, 15) is 4.79 Å². The summed E-state index contributed by atoms with van der Waals surface area (Å²) in [6.45, 7) is 4.64. The van der Waals surface area contributed by atoms with E-state index in [4.69, 9.17) is 10.5 Å². The molecule has 1 rings (SSSR count). The van der Waals surface area contributed by atoms with E-state index in [0.717, 1.165) is 0 Å². The van der Waals surface area contributed by atoms with Gasteiger partial charge in [-0.2, -0.15) is 0 Å². The molecule has 1 amide bonds. The van der Waals surface area contributed by atoms with Crippen LogP contribution in [0.1, 0.15) is 24.2 Å². The van der Waals surface area contributed by atoms with Crippen molar-refractivity contribution in [1.29, 1.82) is 0 Å². The van der Waals surface area contributed by atoms with E-state index in [1.54, 1.807) is 32.3 Å². The zero-order valence-corrected chi connectivity index (χ0v) is 10.9. The summed E-state index contributed by atoms with van der Waals surface area (Å²) in [6.07, 6.45) is 0. The van der Waals surface area contributed by atoms with Gasteiger partial charge < -0.3 is 15.4 Å². The van der Waals surface area contributed by atoms with E-state index >= 15 is 0 Å². The number of ether oxygens (including phenoxy) is 1. The number of amides is 1. The molecule has 0 aliphatic heterocycles. The van der Waals surface area contributed by atoms with Crippen molar-refractivity contribution in [2.45, 2.75) is 13.8 Å². The number of nitrogen functional groups attached to an aromatic ring is 1. The van der Waals surface area contributed by atoms with Crippen LogP contribution in [0.15, 0.2) is 18.2 Å². The number of hydrogen-bond acceptors (Lipinski definition) is 3. The third-order valence-corrected chi connectivity index (χ3v) is 2.24. The first-order valence-corrected chi connectivity index (χ1v) is 5.66. The van der Waals surface area contributed by atoms with Crippen LogP contribution >= 0.6 is 0 Å². The summed E-state index contributed by atoms with van der Waals surface area (Å²) in [4.78, 5) is 13.5. The van der Waals surface area contributed by atoms with Crippen molar-refractivity contribution in [2.75, 3.05) is 26.4 Å². The molecule has 94 valence electrons. The number of benzene rings is 1. The highest BCUT2D eigenvalue weighted by Crippen LogP contribution is 2.27. The molecule has 0 saturated heterocycles. The Hall–Kier alpha value is -1.71. The molecule has 0 unspecified atom stereocenters. The van der Waals surface area contributed by atoms with Crippen LogP contribution in [0.5, 0.6) is 5.75 Å². The minimum Gasteiger partial charge on any atom is -0.490 e. The molecule has 0 spiro atoms. The third-order valence-electron chi connectivity index (χ3n) is 2.24. The van der Waals surface area contributed by atoms with Gasteiger partial charge in [0.15, 0.2) is 5.75 Å². The number of rotatable bonds is 4. The maximum atomic E-state index is 12.0. The minimum absolute atomic E-state index is 0.101. The van der Waals surface area contributed by atoms with Crippen molar-refractivity contribution in [1.82, 2.24) is 4.90 Å². The van der Waals surface area contributed by atoms with Crippen LogP contribution in [0, 0.1) is 5.92 Å². The molecule has 0 saturated carbocycles. The Morgan fingerprint density at radius 1 is 1.41 bits per heavy atom. The third kappa shape index (κ3) is 3.37. The molecule has 17 heavy (non-hydrogen) atoms. The second-order valence-corrected chi connectivity index (χ2v) is 4.63. The summed E-state index contributed by atoms with van der Waals surface area (Å²) >= 11 is 0. The first-order chi connectivity index (χ1) is 7.93.